The van der Waals surface area contributed by atoms with E-state index in [9.17, 15) is 0 Å². The van der Waals surface area contributed by atoms with Gasteiger partial charge in [-0.1, -0.05) is 30.3 Å². The molecule has 0 bridgehead atoms. The van der Waals surface area contributed by atoms with Crippen LogP contribution in [0.1, 0.15) is 16.7 Å². The minimum atomic E-state index is 0.695. The average Bonchev–Trinajstić information content (AvgIpc) is 2.49. The molecule has 0 spiro atoms. The van der Waals surface area contributed by atoms with Gasteiger partial charge >= 0.3 is 0 Å². The van der Waals surface area contributed by atoms with Gasteiger partial charge in [0, 0.05) is 18.4 Å². The molecule has 2 aromatic carbocycles. The summed E-state index contributed by atoms with van der Waals surface area (Å²) in [6, 6.07) is 20.7. The fourth-order valence-corrected chi connectivity index (χ4v) is 2.59. The van der Waals surface area contributed by atoms with Gasteiger partial charge in [0.2, 0.25) is 0 Å². The van der Waals surface area contributed by atoms with Gasteiger partial charge in [-0.05, 0) is 29.8 Å². The lowest BCUT2D eigenvalue weighted by Gasteiger charge is -2.06. The van der Waals surface area contributed by atoms with Crippen LogP contribution in [0.2, 0.25) is 0 Å². The highest BCUT2D eigenvalue weighted by molar-refractivity contribution is 8.13. The van der Waals surface area contributed by atoms with Gasteiger partial charge in [-0.3, -0.25) is 4.99 Å². The van der Waals surface area contributed by atoms with Crippen LogP contribution in [0.4, 0.5) is 0 Å². The maximum absolute atomic E-state index is 8.88. The summed E-state index contributed by atoms with van der Waals surface area (Å²) in [6.45, 7) is 0. The number of aliphatic imine (C=N–C) groups is 1. The van der Waals surface area contributed by atoms with E-state index in [4.69, 9.17) is 5.26 Å². The molecule has 19 heavy (non-hydrogen) atoms. The summed E-state index contributed by atoms with van der Waals surface area (Å²) in [7, 11) is 1.79. The van der Waals surface area contributed by atoms with Crippen molar-refractivity contribution in [1.29, 1.82) is 5.26 Å². The van der Waals surface area contributed by atoms with Gasteiger partial charge in [0.1, 0.15) is 0 Å². The molecule has 0 aromatic heterocycles. The van der Waals surface area contributed by atoms with Gasteiger partial charge in [-0.2, -0.15) is 5.26 Å². The van der Waals surface area contributed by atoms with E-state index in [0.29, 0.717) is 5.56 Å². The van der Waals surface area contributed by atoms with Gasteiger partial charge in [0.25, 0.3) is 0 Å². The number of rotatable bonds is 3. The molecule has 0 saturated carbocycles. The Kier molecular flexibility index (Phi) is 4.77. The van der Waals surface area contributed by atoms with Crippen LogP contribution in [0.3, 0.4) is 0 Å². The molecule has 0 amide bonds. The van der Waals surface area contributed by atoms with Crippen molar-refractivity contribution in [2.24, 2.45) is 4.99 Å². The summed E-state index contributed by atoms with van der Waals surface area (Å²) in [5.74, 6) is 0.803. The maximum atomic E-state index is 8.88. The zero-order chi connectivity index (χ0) is 13.5. The lowest BCUT2D eigenvalue weighted by molar-refractivity contribution is 1.39. The molecule has 1 radical (unpaired) electrons. The Bertz CT molecular complexity index is 612. The molecule has 93 valence electrons. The van der Waals surface area contributed by atoms with Crippen molar-refractivity contribution in [3.63, 3.8) is 0 Å². The van der Waals surface area contributed by atoms with Crippen molar-refractivity contribution in [2.75, 3.05) is 7.05 Å². The Labute approximate surface area is 117 Å². The summed E-state index contributed by atoms with van der Waals surface area (Å²) in [4.78, 5) is 4.31. The zero-order valence-corrected chi connectivity index (χ0v) is 11.4. The molecule has 0 aliphatic rings. The van der Waals surface area contributed by atoms with Crippen LogP contribution in [0.25, 0.3) is 0 Å². The van der Waals surface area contributed by atoms with E-state index < -0.39 is 0 Å². The van der Waals surface area contributed by atoms with Crippen LogP contribution in [0.15, 0.2) is 53.5 Å². The second kappa shape index (κ2) is 6.77. The van der Waals surface area contributed by atoms with Gasteiger partial charge in [-0.15, -0.1) is 11.8 Å². The standard InChI is InChI=1S/C16H13N2S/c1-18-16(15-8-3-2-4-9-15)19-12-14-7-5-6-13(10-14)11-17/h2-3,5-10H,12H2,1H3/b18-16+. The Morgan fingerprint density at radius 2 is 2.26 bits per heavy atom. The second-order valence-corrected chi connectivity index (χ2v) is 4.89. The first-order chi connectivity index (χ1) is 9.33. The largest absolute Gasteiger partial charge is 0.281 e. The normalized spacial score (nSPS) is 11.1. The fourth-order valence-electron chi connectivity index (χ4n) is 1.69. The molecule has 0 unspecified atom stereocenters. The highest BCUT2D eigenvalue weighted by Gasteiger charge is 2.04. The summed E-state index contributed by atoms with van der Waals surface area (Å²) >= 11 is 1.67. The Morgan fingerprint density at radius 3 is 2.95 bits per heavy atom. The van der Waals surface area contributed by atoms with E-state index in [2.05, 4.69) is 17.1 Å². The lowest BCUT2D eigenvalue weighted by atomic mass is 10.2. The minimum absolute atomic E-state index is 0.695. The van der Waals surface area contributed by atoms with Crippen LogP contribution in [0, 0.1) is 17.4 Å². The Hall–Kier alpha value is -2.05. The monoisotopic (exact) mass is 265 g/mol. The second-order valence-electron chi connectivity index (χ2n) is 3.92. The number of benzene rings is 2. The first-order valence-corrected chi connectivity index (χ1v) is 6.87. The van der Waals surface area contributed by atoms with Crippen LogP contribution >= 0.6 is 11.8 Å². The van der Waals surface area contributed by atoms with Crippen molar-refractivity contribution in [2.45, 2.75) is 5.75 Å². The fraction of sp³-hybridized carbons (Fsp3) is 0.125. The summed E-state index contributed by atoms with van der Waals surface area (Å²) in [5.41, 5.74) is 2.90. The van der Waals surface area contributed by atoms with E-state index in [1.165, 1.54) is 0 Å². The Balaban J connectivity index is 2.07. The van der Waals surface area contributed by atoms with Crippen molar-refractivity contribution >= 4 is 16.8 Å². The Morgan fingerprint density at radius 1 is 1.37 bits per heavy atom. The van der Waals surface area contributed by atoms with E-state index in [1.54, 1.807) is 18.8 Å². The van der Waals surface area contributed by atoms with Crippen molar-refractivity contribution < 1.29 is 0 Å². The average molecular weight is 265 g/mol. The molecule has 2 rings (SSSR count). The number of nitrogens with zero attached hydrogens (tertiary/aromatic N) is 2. The SMILES string of the molecule is C/N=C(/SCc1cccc(C#N)c1)c1c[c]ccc1. The molecule has 0 saturated heterocycles. The molecule has 0 aliphatic carbocycles. The first kappa shape index (κ1) is 13.4. The third-order valence-electron chi connectivity index (χ3n) is 2.59. The summed E-state index contributed by atoms with van der Waals surface area (Å²) < 4.78 is 0. The first-order valence-electron chi connectivity index (χ1n) is 5.88. The smallest absolute Gasteiger partial charge is 0.0991 e. The summed E-state index contributed by atoms with van der Waals surface area (Å²) in [6.07, 6.45) is 0. The molecule has 0 aliphatic heterocycles. The minimum Gasteiger partial charge on any atom is -0.281 e. The number of hydrogen-bond donors (Lipinski definition) is 0. The van der Waals surface area contributed by atoms with Crippen LogP contribution in [0.5, 0.6) is 0 Å². The van der Waals surface area contributed by atoms with Gasteiger partial charge in [0.15, 0.2) is 0 Å². The molecule has 0 atom stereocenters. The van der Waals surface area contributed by atoms with Crippen molar-refractivity contribution in [3.05, 3.63) is 71.3 Å². The lowest BCUT2D eigenvalue weighted by Crippen LogP contribution is -1.96. The highest BCUT2D eigenvalue weighted by atomic mass is 32.2. The third kappa shape index (κ3) is 3.70. The molecule has 3 heteroatoms. The van der Waals surface area contributed by atoms with Crippen molar-refractivity contribution in [1.82, 2.24) is 0 Å². The molecule has 2 nitrogen and oxygen atoms in total. The van der Waals surface area contributed by atoms with Crippen LogP contribution in [-0.4, -0.2) is 12.1 Å². The molecule has 2 aromatic rings. The molecule has 0 N–H and O–H groups in total. The topological polar surface area (TPSA) is 36.1 Å². The maximum Gasteiger partial charge on any atom is 0.0991 e. The zero-order valence-electron chi connectivity index (χ0n) is 10.6. The predicted octanol–water partition coefficient (Wildman–Crippen LogP) is 3.67. The van der Waals surface area contributed by atoms with Gasteiger partial charge < -0.3 is 0 Å². The van der Waals surface area contributed by atoms with Crippen molar-refractivity contribution in [3.8, 4) is 6.07 Å². The number of hydrogen-bond acceptors (Lipinski definition) is 3. The molecular weight excluding hydrogens is 252 g/mol. The van der Waals surface area contributed by atoms with Gasteiger partial charge in [-0.25, -0.2) is 0 Å². The molecular formula is C16H13N2S. The third-order valence-corrected chi connectivity index (χ3v) is 3.76. The van der Waals surface area contributed by atoms with E-state index in [-0.39, 0.29) is 0 Å². The number of thioether (sulfide) groups is 1. The van der Waals surface area contributed by atoms with Crippen LogP contribution < -0.4 is 0 Å². The number of nitriles is 1. The molecule has 0 heterocycles. The van der Waals surface area contributed by atoms with E-state index in [0.717, 1.165) is 21.9 Å². The summed E-state index contributed by atoms with van der Waals surface area (Å²) in [5, 5.41) is 9.86. The van der Waals surface area contributed by atoms with Gasteiger partial charge in [0.05, 0.1) is 16.7 Å². The van der Waals surface area contributed by atoms with E-state index >= 15 is 0 Å². The highest BCUT2D eigenvalue weighted by Crippen LogP contribution is 2.19. The molecule has 0 fully saturated rings. The predicted molar refractivity (Wildman–Crippen MR) is 80.2 cm³/mol. The quantitative estimate of drug-likeness (QED) is 0.627. The van der Waals surface area contributed by atoms with Crippen LogP contribution in [-0.2, 0) is 5.75 Å². The van der Waals surface area contributed by atoms with E-state index in [1.807, 2.05) is 48.5 Å².